The van der Waals surface area contributed by atoms with Crippen molar-refractivity contribution in [2.45, 2.75) is 6.92 Å². The van der Waals surface area contributed by atoms with Gasteiger partial charge in [-0.15, -0.1) is 0 Å². The first-order valence-corrected chi connectivity index (χ1v) is 4.21. The Balaban J connectivity index is 2.82. The van der Waals surface area contributed by atoms with Gasteiger partial charge in [0, 0.05) is 12.2 Å². The van der Waals surface area contributed by atoms with Crippen LogP contribution < -0.4 is 5.32 Å². The summed E-state index contributed by atoms with van der Waals surface area (Å²) in [5.74, 6) is -0.409. The van der Waals surface area contributed by atoms with Gasteiger partial charge >= 0.3 is 0 Å². The summed E-state index contributed by atoms with van der Waals surface area (Å²) in [6.45, 7) is 6.16. The summed E-state index contributed by atoms with van der Waals surface area (Å²) in [6.07, 6.45) is 0. The monoisotopic (exact) mass is 190 g/mol. The van der Waals surface area contributed by atoms with Gasteiger partial charge in [0.15, 0.2) is 0 Å². The summed E-state index contributed by atoms with van der Waals surface area (Å²) >= 11 is 0. The van der Waals surface area contributed by atoms with Gasteiger partial charge in [-0.25, -0.2) is 4.39 Å². The second-order valence-electron chi connectivity index (χ2n) is 3.15. The lowest BCUT2D eigenvalue weighted by atomic mass is 10.2. The molecule has 0 aliphatic rings. The first-order chi connectivity index (χ1) is 6.61. The number of rotatable bonds is 3. The molecule has 1 aromatic rings. The molecule has 0 unspecified atom stereocenters. The summed E-state index contributed by atoms with van der Waals surface area (Å²) in [7, 11) is 0. The van der Waals surface area contributed by atoms with Gasteiger partial charge in [-0.2, -0.15) is 5.26 Å². The van der Waals surface area contributed by atoms with Crippen LogP contribution in [0.5, 0.6) is 0 Å². The summed E-state index contributed by atoms with van der Waals surface area (Å²) < 4.78 is 12.9. The number of anilines is 1. The molecule has 0 bridgehead atoms. The molecule has 0 aliphatic heterocycles. The number of hydrogen-bond acceptors (Lipinski definition) is 2. The molecule has 0 spiro atoms. The zero-order valence-electron chi connectivity index (χ0n) is 7.97. The number of nitrogens with one attached hydrogen (secondary N) is 1. The molecule has 0 saturated carbocycles. The van der Waals surface area contributed by atoms with Crippen molar-refractivity contribution in [2.24, 2.45) is 0 Å². The average Bonchev–Trinajstić information content (AvgIpc) is 2.14. The molecule has 0 atom stereocenters. The number of nitrogens with zero attached hydrogens (tertiary/aromatic N) is 1. The molecule has 0 fully saturated rings. The van der Waals surface area contributed by atoms with Crippen molar-refractivity contribution >= 4 is 5.69 Å². The van der Waals surface area contributed by atoms with Crippen molar-refractivity contribution in [3.05, 3.63) is 41.7 Å². The Morgan fingerprint density at radius 1 is 1.57 bits per heavy atom. The molecule has 0 saturated heterocycles. The van der Waals surface area contributed by atoms with E-state index in [0.717, 1.165) is 5.57 Å². The highest BCUT2D eigenvalue weighted by Crippen LogP contribution is 2.13. The molecule has 0 aromatic heterocycles. The lowest BCUT2D eigenvalue weighted by Crippen LogP contribution is -2.02. The lowest BCUT2D eigenvalue weighted by molar-refractivity contribution is 0.628. The van der Waals surface area contributed by atoms with Crippen molar-refractivity contribution in [1.82, 2.24) is 0 Å². The van der Waals surface area contributed by atoms with E-state index in [0.29, 0.717) is 17.8 Å². The van der Waals surface area contributed by atoms with Crippen LogP contribution in [-0.4, -0.2) is 6.54 Å². The van der Waals surface area contributed by atoms with Crippen LogP contribution in [0.4, 0.5) is 10.1 Å². The van der Waals surface area contributed by atoms with Crippen molar-refractivity contribution in [2.75, 3.05) is 11.9 Å². The van der Waals surface area contributed by atoms with Gasteiger partial charge in [0.05, 0.1) is 11.6 Å². The van der Waals surface area contributed by atoms with Gasteiger partial charge in [-0.05, 0) is 25.1 Å². The molecule has 72 valence electrons. The SMILES string of the molecule is C=C(C)CNc1cc(F)cc(C#N)c1. The standard InChI is InChI=1S/C11H11FN2/c1-8(2)7-14-11-4-9(6-13)3-10(12)5-11/h3-5,14H,1,7H2,2H3. The van der Waals surface area contributed by atoms with Crippen molar-refractivity contribution < 1.29 is 4.39 Å². The predicted octanol–water partition coefficient (Wildman–Crippen LogP) is 2.69. The van der Waals surface area contributed by atoms with Crippen LogP contribution in [0.1, 0.15) is 12.5 Å². The van der Waals surface area contributed by atoms with Gasteiger partial charge in [0.25, 0.3) is 0 Å². The van der Waals surface area contributed by atoms with E-state index in [-0.39, 0.29) is 0 Å². The zero-order valence-corrected chi connectivity index (χ0v) is 7.97. The van der Waals surface area contributed by atoms with Crippen LogP contribution in [0.25, 0.3) is 0 Å². The van der Waals surface area contributed by atoms with Crippen LogP contribution in [0.15, 0.2) is 30.4 Å². The quantitative estimate of drug-likeness (QED) is 0.744. The third kappa shape index (κ3) is 2.91. The van der Waals surface area contributed by atoms with Gasteiger partial charge in [-0.3, -0.25) is 0 Å². The Morgan fingerprint density at radius 2 is 2.29 bits per heavy atom. The highest BCUT2D eigenvalue weighted by atomic mass is 19.1. The first kappa shape index (κ1) is 10.3. The smallest absolute Gasteiger partial charge is 0.126 e. The molecule has 1 aromatic carbocycles. The van der Waals surface area contributed by atoms with Gasteiger partial charge in [-0.1, -0.05) is 12.2 Å². The Hall–Kier alpha value is -1.82. The minimum Gasteiger partial charge on any atom is -0.381 e. The highest BCUT2D eigenvalue weighted by Gasteiger charge is 1.99. The molecule has 14 heavy (non-hydrogen) atoms. The lowest BCUT2D eigenvalue weighted by Gasteiger charge is -2.06. The average molecular weight is 190 g/mol. The topological polar surface area (TPSA) is 35.8 Å². The fraction of sp³-hybridized carbons (Fsp3) is 0.182. The number of halogens is 1. The normalized spacial score (nSPS) is 9.21. The van der Waals surface area contributed by atoms with Crippen molar-refractivity contribution in [3.8, 4) is 6.07 Å². The van der Waals surface area contributed by atoms with E-state index in [1.54, 1.807) is 6.07 Å². The maximum absolute atomic E-state index is 12.9. The molecule has 0 amide bonds. The molecule has 3 heteroatoms. The Morgan fingerprint density at radius 3 is 2.86 bits per heavy atom. The summed E-state index contributed by atoms with van der Waals surface area (Å²) in [4.78, 5) is 0. The molecular weight excluding hydrogens is 179 g/mol. The number of benzene rings is 1. The molecule has 0 heterocycles. The maximum atomic E-state index is 12.9. The summed E-state index contributed by atoms with van der Waals surface area (Å²) in [5, 5.41) is 11.6. The zero-order chi connectivity index (χ0) is 10.6. The predicted molar refractivity (Wildman–Crippen MR) is 54.4 cm³/mol. The largest absolute Gasteiger partial charge is 0.381 e. The van der Waals surface area contributed by atoms with E-state index in [9.17, 15) is 4.39 Å². The first-order valence-electron chi connectivity index (χ1n) is 4.21. The minimum absolute atomic E-state index is 0.314. The van der Waals surface area contributed by atoms with E-state index in [1.807, 2.05) is 13.0 Å². The number of hydrogen-bond donors (Lipinski definition) is 1. The van der Waals surface area contributed by atoms with E-state index >= 15 is 0 Å². The molecule has 1 rings (SSSR count). The van der Waals surface area contributed by atoms with Gasteiger partial charge in [0.1, 0.15) is 5.82 Å². The van der Waals surface area contributed by atoms with E-state index in [1.165, 1.54) is 12.1 Å². The summed E-state index contributed by atoms with van der Waals surface area (Å²) in [6, 6.07) is 6.05. The maximum Gasteiger partial charge on any atom is 0.126 e. The Bertz CT molecular complexity index is 391. The van der Waals surface area contributed by atoms with Gasteiger partial charge in [0.2, 0.25) is 0 Å². The number of nitriles is 1. The molecule has 2 nitrogen and oxygen atoms in total. The second-order valence-corrected chi connectivity index (χ2v) is 3.15. The Kier molecular flexibility index (Phi) is 3.24. The second kappa shape index (κ2) is 4.43. The third-order valence-corrected chi connectivity index (χ3v) is 1.62. The minimum atomic E-state index is -0.409. The van der Waals surface area contributed by atoms with E-state index in [2.05, 4.69) is 11.9 Å². The molecule has 0 aliphatic carbocycles. The van der Waals surface area contributed by atoms with Crippen molar-refractivity contribution in [3.63, 3.8) is 0 Å². The van der Waals surface area contributed by atoms with Crippen LogP contribution >= 0.6 is 0 Å². The van der Waals surface area contributed by atoms with Crippen LogP contribution in [-0.2, 0) is 0 Å². The fourth-order valence-electron chi connectivity index (χ4n) is 1.01. The van der Waals surface area contributed by atoms with Crippen molar-refractivity contribution in [1.29, 1.82) is 5.26 Å². The highest BCUT2D eigenvalue weighted by molar-refractivity contribution is 5.50. The molecule has 1 N–H and O–H groups in total. The third-order valence-electron chi connectivity index (χ3n) is 1.62. The molecule has 0 radical (unpaired) electrons. The Labute approximate surface area is 82.7 Å². The van der Waals surface area contributed by atoms with Crippen LogP contribution in [0.3, 0.4) is 0 Å². The molecular formula is C11H11FN2. The fourth-order valence-corrected chi connectivity index (χ4v) is 1.01. The van der Waals surface area contributed by atoms with Crippen LogP contribution in [0.2, 0.25) is 0 Å². The van der Waals surface area contributed by atoms with E-state index < -0.39 is 5.82 Å². The van der Waals surface area contributed by atoms with E-state index in [4.69, 9.17) is 5.26 Å². The van der Waals surface area contributed by atoms with Gasteiger partial charge < -0.3 is 5.32 Å². The van der Waals surface area contributed by atoms with Crippen LogP contribution in [0, 0.1) is 17.1 Å². The summed E-state index contributed by atoms with van der Waals surface area (Å²) in [5.41, 5.74) is 1.87.